The summed E-state index contributed by atoms with van der Waals surface area (Å²) in [6.07, 6.45) is 3.63. The van der Waals surface area contributed by atoms with E-state index in [9.17, 15) is 0 Å². The van der Waals surface area contributed by atoms with Crippen LogP contribution in [0.4, 0.5) is 5.82 Å². The highest BCUT2D eigenvalue weighted by Gasteiger charge is 2.15. The molecule has 0 aliphatic heterocycles. The number of nitrogens with one attached hydrogen (secondary N) is 1. The molecule has 0 spiro atoms. The first-order valence-corrected chi connectivity index (χ1v) is 6.65. The van der Waals surface area contributed by atoms with Gasteiger partial charge in [-0.25, -0.2) is 15.8 Å². The van der Waals surface area contributed by atoms with Crippen LogP contribution in [-0.2, 0) is 7.05 Å². The summed E-state index contributed by atoms with van der Waals surface area (Å²) in [6.45, 7) is 4.13. The van der Waals surface area contributed by atoms with Crippen LogP contribution >= 0.6 is 11.3 Å². The second kappa shape index (κ2) is 4.29. The number of thiophene rings is 1. The van der Waals surface area contributed by atoms with Gasteiger partial charge in [0.2, 0.25) is 0 Å². The molecule has 19 heavy (non-hydrogen) atoms. The van der Waals surface area contributed by atoms with Crippen molar-refractivity contribution in [3.8, 4) is 11.4 Å². The minimum Gasteiger partial charge on any atom is -0.308 e. The maximum atomic E-state index is 5.59. The van der Waals surface area contributed by atoms with Gasteiger partial charge in [-0.1, -0.05) is 0 Å². The third-order valence-corrected chi connectivity index (χ3v) is 4.23. The Bertz CT molecular complexity index is 757. The van der Waals surface area contributed by atoms with Crippen LogP contribution < -0.4 is 11.3 Å². The number of nitrogen functional groups attached to an aromatic ring is 1. The highest BCUT2D eigenvalue weighted by atomic mass is 32.1. The SMILES string of the molecule is Cc1sc2nc(-c3cnn(C)c3)nc(NN)c2c1C. The van der Waals surface area contributed by atoms with E-state index in [1.807, 2.05) is 13.2 Å². The van der Waals surface area contributed by atoms with E-state index in [-0.39, 0.29) is 0 Å². The summed E-state index contributed by atoms with van der Waals surface area (Å²) in [4.78, 5) is 11.3. The Labute approximate surface area is 114 Å². The molecule has 0 bridgehead atoms. The summed E-state index contributed by atoms with van der Waals surface area (Å²) < 4.78 is 1.73. The lowest BCUT2D eigenvalue weighted by Crippen LogP contribution is -2.10. The molecular weight excluding hydrogens is 260 g/mol. The Morgan fingerprint density at radius 2 is 2.11 bits per heavy atom. The van der Waals surface area contributed by atoms with Gasteiger partial charge in [-0.3, -0.25) is 4.68 Å². The fourth-order valence-corrected chi connectivity index (χ4v) is 3.05. The van der Waals surface area contributed by atoms with Crippen molar-refractivity contribution in [2.24, 2.45) is 12.9 Å². The summed E-state index contributed by atoms with van der Waals surface area (Å²) in [5.74, 6) is 6.88. The minimum atomic E-state index is 0.634. The summed E-state index contributed by atoms with van der Waals surface area (Å²) in [7, 11) is 1.86. The zero-order valence-electron chi connectivity index (χ0n) is 10.9. The summed E-state index contributed by atoms with van der Waals surface area (Å²) in [5, 5.41) is 5.14. The summed E-state index contributed by atoms with van der Waals surface area (Å²) in [5.41, 5.74) is 4.72. The first kappa shape index (κ1) is 12.1. The number of fused-ring (bicyclic) bond motifs is 1. The van der Waals surface area contributed by atoms with Crippen LogP contribution in [-0.4, -0.2) is 19.7 Å². The number of aryl methyl sites for hydroxylation is 3. The van der Waals surface area contributed by atoms with E-state index in [0.29, 0.717) is 11.6 Å². The smallest absolute Gasteiger partial charge is 0.166 e. The summed E-state index contributed by atoms with van der Waals surface area (Å²) in [6, 6.07) is 0. The zero-order chi connectivity index (χ0) is 13.6. The Balaban J connectivity index is 2.28. The van der Waals surface area contributed by atoms with E-state index < -0.39 is 0 Å². The van der Waals surface area contributed by atoms with E-state index in [1.165, 1.54) is 10.4 Å². The number of anilines is 1. The predicted molar refractivity (Wildman–Crippen MR) is 76.9 cm³/mol. The lowest BCUT2D eigenvalue weighted by atomic mass is 10.2. The van der Waals surface area contributed by atoms with E-state index in [4.69, 9.17) is 5.84 Å². The fourth-order valence-electron chi connectivity index (χ4n) is 2.02. The van der Waals surface area contributed by atoms with Gasteiger partial charge in [0, 0.05) is 18.1 Å². The van der Waals surface area contributed by atoms with Crippen molar-refractivity contribution in [3.05, 3.63) is 22.8 Å². The molecule has 3 heterocycles. The standard InChI is InChI=1S/C12H14N6S/c1-6-7(2)19-12-9(6)11(17-13)15-10(16-12)8-4-14-18(3)5-8/h4-5H,13H2,1-3H3,(H,15,16,17). The van der Waals surface area contributed by atoms with Gasteiger partial charge in [0.25, 0.3) is 0 Å². The van der Waals surface area contributed by atoms with Crippen molar-refractivity contribution in [1.29, 1.82) is 0 Å². The number of rotatable bonds is 2. The average Bonchev–Trinajstić information content (AvgIpc) is 2.94. The van der Waals surface area contributed by atoms with Gasteiger partial charge < -0.3 is 5.43 Å². The third kappa shape index (κ3) is 1.87. The molecular formula is C12H14N6S. The van der Waals surface area contributed by atoms with Crippen molar-refractivity contribution in [2.45, 2.75) is 13.8 Å². The van der Waals surface area contributed by atoms with Crippen LogP contribution in [0, 0.1) is 13.8 Å². The van der Waals surface area contributed by atoms with Crippen LogP contribution in [0.3, 0.4) is 0 Å². The maximum Gasteiger partial charge on any atom is 0.166 e. The molecule has 3 rings (SSSR count). The fraction of sp³-hybridized carbons (Fsp3) is 0.250. The van der Waals surface area contributed by atoms with Crippen LogP contribution in [0.5, 0.6) is 0 Å². The van der Waals surface area contributed by atoms with E-state index in [1.54, 1.807) is 22.2 Å². The van der Waals surface area contributed by atoms with Crippen molar-refractivity contribution in [3.63, 3.8) is 0 Å². The Hall–Kier alpha value is -1.99. The molecule has 6 nitrogen and oxygen atoms in total. The number of hydrazine groups is 1. The minimum absolute atomic E-state index is 0.634. The molecule has 0 saturated heterocycles. The molecule has 3 N–H and O–H groups in total. The predicted octanol–water partition coefficient (Wildman–Crippen LogP) is 1.99. The molecule has 98 valence electrons. The first-order valence-electron chi connectivity index (χ1n) is 5.83. The zero-order valence-corrected chi connectivity index (χ0v) is 11.7. The molecule has 3 aromatic heterocycles. The quantitative estimate of drug-likeness (QED) is 0.551. The molecule has 0 aliphatic carbocycles. The first-order chi connectivity index (χ1) is 9.10. The van der Waals surface area contributed by atoms with Gasteiger partial charge in [0.15, 0.2) is 11.6 Å². The molecule has 0 unspecified atom stereocenters. The molecule has 0 saturated carbocycles. The number of nitrogens with zero attached hydrogens (tertiary/aromatic N) is 4. The Morgan fingerprint density at radius 1 is 1.32 bits per heavy atom. The van der Waals surface area contributed by atoms with Gasteiger partial charge in [0.1, 0.15) is 4.83 Å². The van der Waals surface area contributed by atoms with Gasteiger partial charge in [-0.2, -0.15) is 5.10 Å². The number of aromatic nitrogens is 4. The van der Waals surface area contributed by atoms with Crippen molar-refractivity contribution in [1.82, 2.24) is 19.7 Å². The van der Waals surface area contributed by atoms with Gasteiger partial charge in [0.05, 0.1) is 17.1 Å². The lowest BCUT2D eigenvalue weighted by molar-refractivity contribution is 0.768. The van der Waals surface area contributed by atoms with Crippen molar-refractivity contribution < 1.29 is 0 Å². The second-order valence-corrected chi connectivity index (χ2v) is 5.61. The van der Waals surface area contributed by atoms with Crippen LogP contribution in [0.2, 0.25) is 0 Å². The largest absolute Gasteiger partial charge is 0.308 e. The number of nitrogens with two attached hydrogens (primary N) is 1. The highest BCUT2D eigenvalue weighted by molar-refractivity contribution is 7.18. The van der Waals surface area contributed by atoms with Crippen LogP contribution in [0.1, 0.15) is 10.4 Å². The van der Waals surface area contributed by atoms with Crippen LogP contribution in [0.15, 0.2) is 12.4 Å². The summed E-state index contributed by atoms with van der Waals surface area (Å²) >= 11 is 1.65. The van der Waals surface area contributed by atoms with E-state index >= 15 is 0 Å². The maximum absolute atomic E-state index is 5.59. The van der Waals surface area contributed by atoms with Crippen LogP contribution in [0.25, 0.3) is 21.6 Å². The molecule has 0 radical (unpaired) electrons. The van der Waals surface area contributed by atoms with Gasteiger partial charge >= 0.3 is 0 Å². The lowest BCUT2D eigenvalue weighted by Gasteiger charge is -2.04. The molecule has 0 aromatic carbocycles. The molecule has 0 atom stereocenters. The topological polar surface area (TPSA) is 81.7 Å². The molecule has 0 amide bonds. The number of hydrogen-bond acceptors (Lipinski definition) is 6. The molecule has 0 aliphatic rings. The second-order valence-electron chi connectivity index (χ2n) is 4.41. The van der Waals surface area contributed by atoms with Gasteiger partial charge in [-0.05, 0) is 19.4 Å². The Morgan fingerprint density at radius 3 is 2.74 bits per heavy atom. The molecule has 3 aromatic rings. The van der Waals surface area contributed by atoms with Crippen molar-refractivity contribution in [2.75, 3.05) is 5.43 Å². The normalized spacial score (nSPS) is 11.2. The molecule has 7 heteroatoms. The van der Waals surface area contributed by atoms with Crippen molar-refractivity contribution >= 4 is 27.4 Å². The van der Waals surface area contributed by atoms with Gasteiger partial charge in [-0.15, -0.1) is 11.3 Å². The Kier molecular flexibility index (Phi) is 2.72. The monoisotopic (exact) mass is 274 g/mol. The molecule has 0 fully saturated rings. The third-order valence-electron chi connectivity index (χ3n) is 3.13. The number of hydrogen-bond donors (Lipinski definition) is 2. The highest BCUT2D eigenvalue weighted by Crippen LogP contribution is 2.34. The van der Waals surface area contributed by atoms with E-state index in [0.717, 1.165) is 15.8 Å². The average molecular weight is 274 g/mol. The van der Waals surface area contributed by atoms with E-state index in [2.05, 4.69) is 34.3 Å².